The van der Waals surface area contributed by atoms with Gasteiger partial charge in [0.2, 0.25) is 5.91 Å². The zero-order chi connectivity index (χ0) is 11.1. The number of carbonyl (C=O) groups excluding carboxylic acids is 1. The van der Waals surface area contributed by atoms with Crippen molar-refractivity contribution in [2.24, 2.45) is 5.73 Å². The quantitative estimate of drug-likeness (QED) is 0.692. The minimum Gasteiger partial charge on any atom is -0.355 e. The van der Waals surface area contributed by atoms with Crippen molar-refractivity contribution in [3.63, 3.8) is 0 Å². The van der Waals surface area contributed by atoms with Crippen LogP contribution in [0.3, 0.4) is 0 Å². The monoisotopic (exact) mass is 213 g/mol. The average Bonchev–Trinajstić information content (AvgIpc) is 2.25. The number of amides is 1. The fourth-order valence-electron chi connectivity index (χ4n) is 1.81. The molecule has 0 bridgehead atoms. The lowest BCUT2D eigenvalue weighted by Crippen LogP contribution is -2.38. The second-order valence-electron chi connectivity index (χ2n) is 4.43. The van der Waals surface area contributed by atoms with Crippen LogP contribution < -0.4 is 11.1 Å². The van der Waals surface area contributed by atoms with Gasteiger partial charge >= 0.3 is 0 Å². The number of hydrogen-bond acceptors (Lipinski definition) is 3. The first-order valence-corrected chi connectivity index (χ1v) is 5.93. The minimum atomic E-state index is 0.0453. The van der Waals surface area contributed by atoms with Crippen molar-refractivity contribution in [2.45, 2.75) is 38.6 Å². The van der Waals surface area contributed by atoms with Crippen molar-refractivity contribution in [3.8, 4) is 0 Å². The van der Waals surface area contributed by atoms with Crippen LogP contribution in [0.1, 0.15) is 32.6 Å². The molecule has 1 atom stereocenters. The molecule has 0 spiro atoms. The van der Waals surface area contributed by atoms with Gasteiger partial charge < -0.3 is 16.0 Å². The molecular weight excluding hydrogens is 190 g/mol. The van der Waals surface area contributed by atoms with Crippen LogP contribution >= 0.6 is 0 Å². The van der Waals surface area contributed by atoms with E-state index in [1.807, 2.05) is 6.92 Å². The summed E-state index contributed by atoms with van der Waals surface area (Å²) >= 11 is 0. The van der Waals surface area contributed by atoms with Gasteiger partial charge in [-0.2, -0.15) is 0 Å². The summed E-state index contributed by atoms with van der Waals surface area (Å²) in [7, 11) is 0. The van der Waals surface area contributed by atoms with Gasteiger partial charge in [0, 0.05) is 25.6 Å². The Morgan fingerprint density at radius 1 is 1.40 bits per heavy atom. The second kappa shape index (κ2) is 6.80. The van der Waals surface area contributed by atoms with E-state index in [2.05, 4.69) is 10.2 Å². The SMILES string of the molecule is CC(N)CNC(=O)CCN1CCCCC1. The molecule has 1 rings (SSSR count). The van der Waals surface area contributed by atoms with Gasteiger partial charge in [0.1, 0.15) is 0 Å². The second-order valence-corrected chi connectivity index (χ2v) is 4.43. The molecule has 1 saturated heterocycles. The zero-order valence-corrected chi connectivity index (χ0v) is 9.67. The number of carbonyl (C=O) groups is 1. The Kier molecular flexibility index (Phi) is 5.65. The van der Waals surface area contributed by atoms with E-state index in [1.165, 1.54) is 19.3 Å². The number of nitrogens with two attached hydrogens (primary N) is 1. The van der Waals surface area contributed by atoms with Crippen LogP contribution in [0.5, 0.6) is 0 Å². The average molecular weight is 213 g/mol. The predicted molar refractivity (Wildman–Crippen MR) is 61.6 cm³/mol. The van der Waals surface area contributed by atoms with Crippen molar-refractivity contribution in [3.05, 3.63) is 0 Å². The Morgan fingerprint density at radius 2 is 2.07 bits per heavy atom. The highest BCUT2D eigenvalue weighted by Crippen LogP contribution is 2.08. The van der Waals surface area contributed by atoms with E-state index < -0.39 is 0 Å². The van der Waals surface area contributed by atoms with E-state index in [4.69, 9.17) is 5.73 Å². The number of likely N-dealkylation sites (tertiary alicyclic amines) is 1. The van der Waals surface area contributed by atoms with Crippen LogP contribution in [0.15, 0.2) is 0 Å². The number of hydrogen-bond donors (Lipinski definition) is 2. The highest BCUT2D eigenvalue weighted by molar-refractivity contribution is 5.76. The lowest BCUT2D eigenvalue weighted by atomic mass is 10.1. The Morgan fingerprint density at radius 3 is 2.67 bits per heavy atom. The highest BCUT2D eigenvalue weighted by Gasteiger charge is 2.11. The molecule has 3 N–H and O–H groups in total. The molecule has 1 heterocycles. The molecule has 88 valence electrons. The third kappa shape index (κ3) is 5.74. The predicted octanol–water partition coefficient (Wildman–Crippen LogP) is 0.326. The van der Waals surface area contributed by atoms with Crippen molar-refractivity contribution in [1.82, 2.24) is 10.2 Å². The summed E-state index contributed by atoms with van der Waals surface area (Å²) in [5.74, 6) is 0.123. The van der Waals surface area contributed by atoms with E-state index in [9.17, 15) is 4.79 Å². The smallest absolute Gasteiger partial charge is 0.221 e. The summed E-state index contributed by atoms with van der Waals surface area (Å²) in [5.41, 5.74) is 5.55. The van der Waals surface area contributed by atoms with Crippen LogP contribution in [0.4, 0.5) is 0 Å². The first-order valence-electron chi connectivity index (χ1n) is 5.93. The Bertz CT molecular complexity index is 188. The third-order valence-corrected chi connectivity index (χ3v) is 2.72. The van der Waals surface area contributed by atoms with Gasteiger partial charge in [-0.15, -0.1) is 0 Å². The molecule has 1 fully saturated rings. The van der Waals surface area contributed by atoms with Crippen LogP contribution in [-0.4, -0.2) is 43.0 Å². The summed E-state index contributed by atoms with van der Waals surface area (Å²) in [6, 6.07) is 0.0453. The molecule has 4 nitrogen and oxygen atoms in total. The molecule has 0 aromatic rings. The fraction of sp³-hybridized carbons (Fsp3) is 0.909. The lowest BCUT2D eigenvalue weighted by molar-refractivity contribution is -0.121. The number of piperidine rings is 1. The van der Waals surface area contributed by atoms with Gasteiger partial charge in [0.25, 0.3) is 0 Å². The first kappa shape index (κ1) is 12.5. The van der Waals surface area contributed by atoms with Crippen molar-refractivity contribution >= 4 is 5.91 Å². The molecule has 1 unspecified atom stereocenters. The van der Waals surface area contributed by atoms with Gasteiger partial charge in [-0.25, -0.2) is 0 Å². The van der Waals surface area contributed by atoms with Crippen LogP contribution in [0, 0.1) is 0 Å². The van der Waals surface area contributed by atoms with E-state index in [0.717, 1.165) is 19.6 Å². The first-order chi connectivity index (χ1) is 7.18. The van der Waals surface area contributed by atoms with Crippen LogP contribution in [0.25, 0.3) is 0 Å². The molecule has 15 heavy (non-hydrogen) atoms. The molecule has 0 saturated carbocycles. The topological polar surface area (TPSA) is 58.4 Å². The number of nitrogens with one attached hydrogen (secondary N) is 1. The molecule has 1 aliphatic heterocycles. The Hall–Kier alpha value is -0.610. The summed E-state index contributed by atoms with van der Waals surface area (Å²) in [5, 5.41) is 2.83. The summed E-state index contributed by atoms with van der Waals surface area (Å²) in [6.45, 7) is 5.68. The maximum atomic E-state index is 11.4. The van der Waals surface area contributed by atoms with Crippen LogP contribution in [0.2, 0.25) is 0 Å². The summed E-state index contributed by atoms with van der Waals surface area (Å²) < 4.78 is 0. The maximum absolute atomic E-state index is 11.4. The standard InChI is InChI=1S/C11H23N3O/c1-10(12)9-13-11(15)5-8-14-6-3-2-4-7-14/h10H,2-9,12H2,1H3,(H,13,15). The molecular formula is C11H23N3O. The van der Waals surface area contributed by atoms with Gasteiger partial charge in [-0.3, -0.25) is 4.79 Å². The summed E-state index contributed by atoms with van der Waals surface area (Å²) in [6.07, 6.45) is 4.50. The van der Waals surface area contributed by atoms with Crippen molar-refractivity contribution in [2.75, 3.05) is 26.2 Å². The van der Waals surface area contributed by atoms with E-state index >= 15 is 0 Å². The summed E-state index contributed by atoms with van der Waals surface area (Å²) in [4.78, 5) is 13.8. The molecule has 1 amide bonds. The molecule has 0 aromatic heterocycles. The van der Waals surface area contributed by atoms with Crippen LogP contribution in [-0.2, 0) is 4.79 Å². The lowest BCUT2D eigenvalue weighted by Gasteiger charge is -2.26. The van der Waals surface area contributed by atoms with Gasteiger partial charge in [-0.1, -0.05) is 6.42 Å². The van der Waals surface area contributed by atoms with E-state index in [-0.39, 0.29) is 11.9 Å². The van der Waals surface area contributed by atoms with E-state index in [1.54, 1.807) is 0 Å². The van der Waals surface area contributed by atoms with E-state index in [0.29, 0.717) is 13.0 Å². The van der Waals surface area contributed by atoms with Gasteiger partial charge in [0.05, 0.1) is 0 Å². The molecule has 0 aliphatic carbocycles. The maximum Gasteiger partial charge on any atom is 0.221 e. The van der Waals surface area contributed by atoms with Crippen molar-refractivity contribution < 1.29 is 4.79 Å². The normalized spacial score (nSPS) is 19.9. The highest BCUT2D eigenvalue weighted by atomic mass is 16.1. The number of rotatable bonds is 5. The van der Waals surface area contributed by atoms with Gasteiger partial charge in [-0.05, 0) is 32.9 Å². The Balaban J connectivity index is 2.05. The minimum absolute atomic E-state index is 0.0453. The Labute approximate surface area is 92.2 Å². The fourth-order valence-corrected chi connectivity index (χ4v) is 1.81. The zero-order valence-electron chi connectivity index (χ0n) is 9.67. The molecule has 0 radical (unpaired) electrons. The molecule has 1 aliphatic rings. The van der Waals surface area contributed by atoms with Crippen molar-refractivity contribution in [1.29, 1.82) is 0 Å². The largest absolute Gasteiger partial charge is 0.355 e. The molecule has 0 aromatic carbocycles. The number of nitrogens with zero attached hydrogens (tertiary/aromatic N) is 1. The molecule has 4 heteroatoms. The third-order valence-electron chi connectivity index (χ3n) is 2.72. The van der Waals surface area contributed by atoms with Gasteiger partial charge in [0.15, 0.2) is 0 Å².